The summed E-state index contributed by atoms with van der Waals surface area (Å²) in [6.07, 6.45) is -0.435. The van der Waals surface area contributed by atoms with Crippen molar-refractivity contribution in [3.8, 4) is 6.07 Å². The topological polar surface area (TPSA) is 78.0 Å². The molecule has 1 fully saturated rings. The van der Waals surface area contributed by atoms with Crippen molar-refractivity contribution in [3.05, 3.63) is 69.8 Å². The highest BCUT2D eigenvalue weighted by molar-refractivity contribution is 7.44. The van der Waals surface area contributed by atoms with E-state index in [1.165, 1.54) is 6.20 Å². The second-order valence-electron chi connectivity index (χ2n) is 6.84. The molecule has 30 heavy (non-hydrogen) atoms. The van der Waals surface area contributed by atoms with E-state index in [0.29, 0.717) is 16.6 Å². The van der Waals surface area contributed by atoms with E-state index in [9.17, 15) is 13.2 Å². The Bertz CT molecular complexity index is 976. The molecule has 10 heteroatoms. The Labute approximate surface area is 178 Å². The van der Waals surface area contributed by atoms with Gasteiger partial charge in [0.25, 0.3) is 0 Å². The van der Waals surface area contributed by atoms with Gasteiger partial charge in [-0.15, -0.1) is 0 Å². The van der Waals surface area contributed by atoms with E-state index in [0.717, 1.165) is 47.2 Å². The molecule has 2 unspecified atom stereocenters. The van der Waals surface area contributed by atoms with E-state index < -0.39 is 11.7 Å². The molecule has 3 rings (SSSR count). The zero-order chi connectivity index (χ0) is 21.7. The number of benzene rings is 1. The third kappa shape index (κ3) is 5.53. The molecule has 5 nitrogen and oxygen atoms in total. The first-order valence-corrected chi connectivity index (χ1v) is 11.1. The molecule has 0 bridgehead atoms. The number of nitrogens with zero attached hydrogens (tertiary/aromatic N) is 3. The highest BCUT2D eigenvalue weighted by Crippen LogP contribution is 2.36. The average molecular weight is 451 g/mol. The van der Waals surface area contributed by atoms with Crippen LogP contribution in [0.25, 0.3) is 0 Å². The first-order chi connectivity index (χ1) is 14.3. The SMILES string of the molecule is Cc1ccc(C2CCCN2/C(N)=C/C(=C\PNc2ncc(C#N)s2)C(F)(F)F)cc1. The number of hydrogen-bond acceptors (Lipinski definition) is 6. The second-order valence-corrected chi connectivity index (χ2v) is 8.70. The molecular formula is C20H21F3N5PS. The van der Waals surface area contributed by atoms with Crippen LogP contribution in [-0.2, 0) is 0 Å². The van der Waals surface area contributed by atoms with Gasteiger partial charge < -0.3 is 15.7 Å². The van der Waals surface area contributed by atoms with Gasteiger partial charge in [-0.25, -0.2) is 4.98 Å². The number of aryl methyl sites for hydroxylation is 1. The van der Waals surface area contributed by atoms with E-state index in [-0.39, 0.29) is 20.6 Å². The van der Waals surface area contributed by atoms with Gasteiger partial charge in [-0.05, 0) is 37.2 Å². The number of halogens is 3. The Balaban J connectivity index is 1.76. The second kappa shape index (κ2) is 9.50. The van der Waals surface area contributed by atoms with Crippen molar-refractivity contribution in [2.24, 2.45) is 5.73 Å². The number of hydrogen-bond donors (Lipinski definition) is 2. The zero-order valence-corrected chi connectivity index (χ0v) is 18.0. The van der Waals surface area contributed by atoms with Crippen molar-refractivity contribution in [2.45, 2.75) is 32.0 Å². The molecule has 0 radical (unpaired) electrons. The average Bonchev–Trinajstić information content (AvgIpc) is 3.36. The summed E-state index contributed by atoms with van der Waals surface area (Å²) in [4.78, 5) is 6.18. The van der Waals surface area contributed by atoms with Crippen LogP contribution in [0.3, 0.4) is 0 Å². The molecule has 1 aromatic heterocycles. The van der Waals surface area contributed by atoms with Crippen LogP contribution in [0.15, 0.2) is 53.7 Å². The molecular weight excluding hydrogens is 430 g/mol. The Hall–Kier alpha value is -2.56. The van der Waals surface area contributed by atoms with Crippen molar-refractivity contribution in [3.63, 3.8) is 0 Å². The number of likely N-dealkylation sites (tertiary alicyclic amines) is 1. The van der Waals surface area contributed by atoms with Crippen LogP contribution in [0.4, 0.5) is 18.3 Å². The third-order valence-corrected chi connectivity index (χ3v) is 6.54. The number of aromatic nitrogens is 1. The summed E-state index contributed by atoms with van der Waals surface area (Å²) in [5.41, 5.74) is 7.49. The summed E-state index contributed by atoms with van der Waals surface area (Å²) in [6.45, 7) is 2.61. The molecule has 1 aliphatic heterocycles. The summed E-state index contributed by atoms with van der Waals surface area (Å²) >= 11 is 1.09. The fourth-order valence-corrected chi connectivity index (χ4v) is 4.73. The summed E-state index contributed by atoms with van der Waals surface area (Å²) in [5, 5.41) is 12.0. The van der Waals surface area contributed by atoms with Crippen LogP contribution in [0.5, 0.6) is 0 Å². The first kappa shape index (κ1) is 22.1. The number of nitrogens with two attached hydrogens (primary N) is 1. The van der Waals surface area contributed by atoms with Gasteiger partial charge in [0.05, 0.1) is 23.6 Å². The molecule has 0 saturated carbocycles. The summed E-state index contributed by atoms with van der Waals surface area (Å²) in [5.74, 6) is 1.17. The predicted octanol–water partition coefficient (Wildman–Crippen LogP) is 5.41. The lowest BCUT2D eigenvalue weighted by atomic mass is 10.0. The number of thiazole rings is 1. The number of allylic oxidation sites excluding steroid dienone is 2. The van der Waals surface area contributed by atoms with Gasteiger partial charge in [0, 0.05) is 15.3 Å². The van der Waals surface area contributed by atoms with Crippen molar-refractivity contribution >= 4 is 25.2 Å². The number of nitrogens with one attached hydrogen (secondary N) is 1. The van der Waals surface area contributed by atoms with Crippen LogP contribution >= 0.6 is 20.1 Å². The molecule has 0 spiro atoms. The molecule has 2 heterocycles. The van der Waals surface area contributed by atoms with Crippen molar-refractivity contribution in [1.29, 1.82) is 5.26 Å². The maximum Gasteiger partial charge on any atom is 0.416 e. The smallest absolute Gasteiger partial charge is 0.385 e. The maximum absolute atomic E-state index is 13.6. The van der Waals surface area contributed by atoms with Crippen LogP contribution in [0.1, 0.15) is 34.9 Å². The van der Waals surface area contributed by atoms with Crippen molar-refractivity contribution in [2.75, 3.05) is 11.6 Å². The van der Waals surface area contributed by atoms with Gasteiger partial charge in [0.15, 0.2) is 5.13 Å². The monoisotopic (exact) mass is 451 g/mol. The fraction of sp³-hybridized carbons (Fsp3) is 0.300. The van der Waals surface area contributed by atoms with Gasteiger partial charge in [-0.1, -0.05) is 41.2 Å². The summed E-state index contributed by atoms with van der Waals surface area (Å²) < 4.78 is 40.7. The van der Waals surface area contributed by atoms with Gasteiger partial charge >= 0.3 is 6.18 Å². The lowest BCUT2D eigenvalue weighted by Crippen LogP contribution is -2.28. The fourth-order valence-electron chi connectivity index (χ4n) is 3.22. The van der Waals surface area contributed by atoms with E-state index in [1.54, 1.807) is 0 Å². The van der Waals surface area contributed by atoms with Crippen LogP contribution in [0, 0.1) is 18.3 Å². The molecule has 2 atom stereocenters. The first-order valence-electron chi connectivity index (χ1n) is 9.23. The number of rotatable bonds is 6. The van der Waals surface area contributed by atoms with Gasteiger partial charge in [-0.2, -0.15) is 18.4 Å². The van der Waals surface area contributed by atoms with Crippen LogP contribution in [0.2, 0.25) is 0 Å². The minimum Gasteiger partial charge on any atom is -0.385 e. The van der Waals surface area contributed by atoms with E-state index in [1.807, 2.05) is 42.2 Å². The van der Waals surface area contributed by atoms with E-state index in [2.05, 4.69) is 10.1 Å². The van der Waals surface area contributed by atoms with E-state index >= 15 is 0 Å². The van der Waals surface area contributed by atoms with Gasteiger partial charge in [-0.3, -0.25) is 0 Å². The molecule has 1 saturated heterocycles. The Kier molecular flexibility index (Phi) is 7.01. The molecule has 1 aliphatic rings. The zero-order valence-electron chi connectivity index (χ0n) is 16.2. The van der Waals surface area contributed by atoms with Gasteiger partial charge in [0.1, 0.15) is 10.9 Å². The van der Waals surface area contributed by atoms with Gasteiger partial charge in [0.2, 0.25) is 0 Å². The molecule has 3 N–H and O–H groups in total. The van der Waals surface area contributed by atoms with Crippen molar-refractivity contribution < 1.29 is 13.2 Å². The van der Waals surface area contributed by atoms with E-state index in [4.69, 9.17) is 11.0 Å². The van der Waals surface area contributed by atoms with Crippen molar-refractivity contribution in [1.82, 2.24) is 9.88 Å². The molecule has 0 aliphatic carbocycles. The third-order valence-electron chi connectivity index (χ3n) is 4.70. The largest absolute Gasteiger partial charge is 0.416 e. The predicted molar refractivity (Wildman–Crippen MR) is 115 cm³/mol. The maximum atomic E-state index is 13.6. The number of alkyl halides is 3. The highest BCUT2D eigenvalue weighted by atomic mass is 32.1. The normalized spacial score (nSPS) is 18.2. The molecule has 0 amide bonds. The number of anilines is 1. The Morgan fingerprint density at radius 1 is 1.40 bits per heavy atom. The molecule has 158 valence electrons. The van der Waals surface area contributed by atoms with Crippen LogP contribution < -0.4 is 10.8 Å². The quantitative estimate of drug-likeness (QED) is 0.454. The summed E-state index contributed by atoms with van der Waals surface area (Å²) in [7, 11) is -0.359. The lowest BCUT2D eigenvalue weighted by Gasteiger charge is -2.28. The number of nitriles is 1. The molecule has 2 aromatic rings. The molecule has 1 aromatic carbocycles. The minimum atomic E-state index is -4.53. The lowest BCUT2D eigenvalue weighted by molar-refractivity contribution is -0.0882. The minimum absolute atomic E-state index is 0.0309. The summed E-state index contributed by atoms with van der Waals surface area (Å²) in [6, 6.07) is 9.90. The Morgan fingerprint density at radius 3 is 2.77 bits per heavy atom. The highest BCUT2D eigenvalue weighted by Gasteiger charge is 2.34. The Morgan fingerprint density at radius 2 is 2.13 bits per heavy atom. The van der Waals surface area contributed by atoms with Crippen LogP contribution in [-0.4, -0.2) is 22.6 Å². The standard InChI is InChI=1S/C20H21F3N5PS/c1-13-4-6-14(7-5-13)17-3-2-8-28(17)18(25)9-15(20(21,22)23)12-29-27-19-26-11-16(10-24)30-19/h4-7,9,11-12,17,29H,2-3,8,25H2,1H3,(H,26,27)/b15-12+,18-9+.